The summed E-state index contributed by atoms with van der Waals surface area (Å²) in [5, 5.41) is 10.5. The number of amides is 1. The fourth-order valence-electron chi connectivity index (χ4n) is 3.99. The van der Waals surface area contributed by atoms with Gasteiger partial charge < -0.3 is 19.5 Å². The number of carbonyl (C=O) groups excluding carboxylic acids is 1. The summed E-state index contributed by atoms with van der Waals surface area (Å²) in [6.07, 6.45) is 2.86. The maximum absolute atomic E-state index is 12.4. The molecule has 3 aromatic rings. The van der Waals surface area contributed by atoms with E-state index in [1.807, 2.05) is 56.3 Å². The van der Waals surface area contributed by atoms with Crippen LogP contribution in [0.25, 0.3) is 11.3 Å². The van der Waals surface area contributed by atoms with Crippen LogP contribution in [0, 0.1) is 0 Å². The number of aromatic nitrogens is 2. The van der Waals surface area contributed by atoms with Gasteiger partial charge in [0.25, 0.3) is 0 Å². The molecule has 1 aromatic heterocycles. The van der Waals surface area contributed by atoms with Crippen molar-refractivity contribution in [3.8, 4) is 22.8 Å². The Bertz CT molecular complexity index is 1080. The average molecular weight is 450 g/mol. The summed E-state index contributed by atoms with van der Waals surface area (Å²) >= 11 is 0. The van der Waals surface area contributed by atoms with Gasteiger partial charge in [-0.3, -0.25) is 9.89 Å². The van der Waals surface area contributed by atoms with E-state index in [0.29, 0.717) is 26.2 Å². The molecule has 0 saturated carbocycles. The summed E-state index contributed by atoms with van der Waals surface area (Å²) in [6.45, 7) is 6.40. The molecular weight excluding hydrogens is 418 g/mol. The molecule has 2 aromatic carbocycles. The zero-order valence-electron chi connectivity index (χ0n) is 19.3. The number of rotatable bonds is 10. The molecule has 33 heavy (non-hydrogen) atoms. The fourth-order valence-corrected chi connectivity index (χ4v) is 3.99. The topological polar surface area (TPSA) is 85.5 Å². The van der Waals surface area contributed by atoms with E-state index in [0.717, 1.165) is 71.1 Å². The Morgan fingerprint density at radius 1 is 1.09 bits per heavy atom. The number of benzene rings is 2. The van der Waals surface area contributed by atoms with Crippen LogP contribution >= 0.6 is 0 Å². The minimum absolute atomic E-state index is 0.00395. The summed E-state index contributed by atoms with van der Waals surface area (Å²) in [5.41, 5.74) is 6.12. The van der Waals surface area contributed by atoms with E-state index >= 15 is 0 Å². The minimum atomic E-state index is 0.00395. The second kappa shape index (κ2) is 11.0. The van der Waals surface area contributed by atoms with Crippen LogP contribution in [-0.2, 0) is 29.0 Å². The van der Waals surface area contributed by atoms with Crippen LogP contribution < -0.4 is 14.8 Å². The van der Waals surface area contributed by atoms with E-state index in [9.17, 15) is 4.79 Å². The number of aromatic amines is 1. The van der Waals surface area contributed by atoms with Crippen molar-refractivity contribution in [3.05, 3.63) is 59.3 Å². The zero-order valence-corrected chi connectivity index (χ0v) is 19.3. The van der Waals surface area contributed by atoms with Gasteiger partial charge in [0.2, 0.25) is 5.91 Å². The maximum Gasteiger partial charge on any atom is 0.224 e. The lowest BCUT2D eigenvalue weighted by Crippen LogP contribution is -2.11. The number of nitrogens with one attached hydrogen (secondary N) is 2. The quantitative estimate of drug-likeness (QED) is 0.459. The molecule has 1 aliphatic rings. The second-order valence-corrected chi connectivity index (χ2v) is 7.96. The third kappa shape index (κ3) is 5.73. The number of H-pyrrole nitrogens is 1. The van der Waals surface area contributed by atoms with Gasteiger partial charge in [-0.1, -0.05) is 18.2 Å². The highest BCUT2D eigenvalue weighted by Gasteiger charge is 2.18. The smallest absolute Gasteiger partial charge is 0.224 e. The molecule has 0 fully saturated rings. The molecule has 0 atom stereocenters. The molecule has 2 N–H and O–H groups in total. The number of anilines is 1. The third-order valence-corrected chi connectivity index (χ3v) is 5.61. The lowest BCUT2D eigenvalue weighted by atomic mass is 10.0. The standard InChI is InChI=1S/C26H31N3O4/c1-3-32-23-13-8-18(16-24(23)33-4-2)6-5-7-25(30)27-20-11-9-19(10-12-20)26-21-17-31-15-14-22(21)28-29-26/h8-13,16H,3-7,14-15,17H2,1-2H3,(H,27,30)(H,28,29). The van der Waals surface area contributed by atoms with E-state index in [1.54, 1.807) is 0 Å². The first-order valence-electron chi connectivity index (χ1n) is 11.6. The van der Waals surface area contributed by atoms with Crippen molar-refractivity contribution in [1.29, 1.82) is 0 Å². The van der Waals surface area contributed by atoms with Crippen molar-refractivity contribution in [1.82, 2.24) is 10.2 Å². The Labute approximate surface area is 194 Å². The largest absolute Gasteiger partial charge is 0.490 e. The SMILES string of the molecule is CCOc1ccc(CCCC(=O)Nc2ccc(-c3n[nH]c4c3COCC4)cc2)cc1OCC. The number of fused-ring (bicyclic) bond motifs is 1. The van der Waals surface area contributed by atoms with E-state index < -0.39 is 0 Å². The molecule has 2 heterocycles. The van der Waals surface area contributed by atoms with Crippen molar-refractivity contribution >= 4 is 11.6 Å². The predicted octanol–water partition coefficient (Wildman–Crippen LogP) is 4.91. The highest BCUT2D eigenvalue weighted by molar-refractivity contribution is 5.91. The Balaban J connectivity index is 1.29. The van der Waals surface area contributed by atoms with Crippen molar-refractivity contribution in [3.63, 3.8) is 0 Å². The molecule has 1 amide bonds. The molecule has 0 saturated heterocycles. The summed E-state index contributed by atoms with van der Waals surface area (Å²) in [7, 11) is 0. The lowest BCUT2D eigenvalue weighted by molar-refractivity contribution is -0.116. The Morgan fingerprint density at radius 3 is 2.67 bits per heavy atom. The van der Waals surface area contributed by atoms with Crippen molar-refractivity contribution in [2.75, 3.05) is 25.1 Å². The zero-order chi connectivity index (χ0) is 23.0. The van der Waals surface area contributed by atoms with Gasteiger partial charge in [0.05, 0.1) is 32.1 Å². The molecule has 4 rings (SSSR count). The molecule has 0 bridgehead atoms. The van der Waals surface area contributed by atoms with E-state index in [-0.39, 0.29) is 5.91 Å². The van der Waals surface area contributed by atoms with Gasteiger partial charge in [-0.05, 0) is 56.5 Å². The van der Waals surface area contributed by atoms with Crippen LogP contribution in [0.2, 0.25) is 0 Å². The van der Waals surface area contributed by atoms with Crippen LogP contribution in [0.15, 0.2) is 42.5 Å². The number of hydrogen-bond donors (Lipinski definition) is 2. The van der Waals surface area contributed by atoms with Crippen molar-refractivity contribution in [2.24, 2.45) is 0 Å². The van der Waals surface area contributed by atoms with Crippen LogP contribution in [-0.4, -0.2) is 35.9 Å². The first-order valence-corrected chi connectivity index (χ1v) is 11.6. The highest BCUT2D eigenvalue weighted by atomic mass is 16.5. The van der Waals surface area contributed by atoms with E-state index in [1.165, 1.54) is 0 Å². The number of hydrogen-bond acceptors (Lipinski definition) is 5. The molecule has 174 valence electrons. The lowest BCUT2D eigenvalue weighted by Gasteiger charge is -2.13. The normalized spacial score (nSPS) is 12.8. The Morgan fingerprint density at radius 2 is 1.88 bits per heavy atom. The fraction of sp³-hybridized carbons (Fsp3) is 0.385. The van der Waals surface area contributed by atoms with Crippen LogP contribution in [0.3, 0.4) is 0 Å². The minimum Gasteiger partial charge on any atom is -0.490 e. The molecule has 0 aliphatic carbocycles. The number of aryl methyl sites for hydroxylation is 1. The molecule has 7 heteroatoms. The van der Waals surface area contributed by atoms with Crippen LogP contribution in [0.5, 0.6) is 11.5 Å². The predicted molar refractivity (Wildman–Crippen MR) is 128 cm³/mol. The van der Waals surface area contributed by atoms with Crippen LogP contribution in [0.1, 0.15) is 43.5 Å². The molecule has 0 radical (unpaired) electrons. The second-order valence-electron chi connectivity index (χ2n) is 7.96. The maximum atomic E-state index is 12.4. The van der Waals surface area contributed by atoms with Gasteiger partial charge in [0, 0.05) is 35.3 Å². The Hall–Kier alpha value is -3.32. The number of nitrogens with zero attached hydrogens (tertiary/aromatic N) is 1. The van der Waals surface area contributed by atoms with Gasteiger partial charge in [-0.25, -0.2) is 0 Å². The summed E-state index contributed by atoms with van der Waals surface area (Å²) in [4.78, 5) is 12.4. The molecule has 0 unspecified atom stereocenters. The molecule has 1 aliphatic heterocycles. The van der Waals surface area contributed by atoms with Gasteiger partial charge in [0.15, 0.2) is 11.5 Å². The molecule has 0 spiro atoms. The highest BCUT2D eigenvalue weighted by Crippen LogP contribution is 2.30. The third-order valence-electron chi connectivity index (χ3n) is 5.61. The van der Waals surface area contributed by atoms with Gasteiger partial charge in [-0.2, -0.15) is 5.10 Å². The van der Waals surface area contributed by atoms with E-state index in [2.05, 4.69) is 15.5 Å². The van der Waals surface area contributed by atoms with Gasteiger partial charge >= 0.3 is 0 Å². The van der Waals surface area contributed by atoms with E-state index in [4.69, 9.17) is 14.2 Å². The van der Waals surface area contributed by atoms with Crippen molar-refractivity contribution in [2.45, 2.75) is 46.1 Å². The summed E-state index contributed by atoms with van der Waals surface area (Å²) in [5.74, 6) is 1.52. The first kappa shape index (κ1) is 22.9. The molecular formula is C26H31N3O4. The number of ether oxygens (including phenoxy) is 3. The van der Waals surface area contributed by atoms with Gasteiger partial charge in [0.1, 0.15) is 0 Å². The first-order chi connectivity index (χ1) is 16.2. The Kier molecular flexibility index (Phi) is 7.62. The van der Waals surface area contributed by atoms with Crippen LogP contribution in [0.4, 0.5) is 5.69 Å². The average Bonchev–Trinajstić information content (AvgIpc) is 3.26. The monoisotopic (exact) mass is 449 g/mol. The molecule has 7 nitrogen and oxygen atoms in total. The summed E-state index contributed by atoms with van der Waals surface area (Å²) < 4.78 is 16.9. The summed E-state index contributed by atoms with van der Waals surface area (Å²) in [6, 6.07) is 13.8. The van der Waals surface area contributed by atoms with Gasteiger partial charge in [-0.15, -0.1) is 0 Å². The number of carbonyl (C=O) groups is 1. The van der Waals surface area contributed by atoms with Crippen molar-refractivity contribution < 1.29 is 19.0 Å².